The molecule has 0 bridgehead atoms. The van der Waals surface area contributed by atoms with Crippen molar-refractivity contribution < 1.29 is 38.3 Å². The van der Waals surface area contributed by atoms with Crippen LogP contribution in [0.4, 0.5) is 0 Å². The van der Waals surface area contributed by atoms with Crippen molar-refractivity contribution in [1.82, 2.24) is 20.8 Å². The first-order valence-electron chi connectivity index (χ1n) is 15.1. The summed E-state index contributed by atoms with van der Waals surface area (Å²) in [6.07, 6.45) is 6.84. The molecule has 40 heavy (non-hydrogen) atoms. The normalized spacial score (nSPS) is 22.1. The van der Waals surface area contributed by atoms with Gasteiger partial charge in [-0.25, -0.2) is 19.2 Å². The molecule has 4 rings (SSSR count). The molecule has 4 aliphatic heterocycles. The molecular weight excluding hydrogens is 520 g/mol. The van der Waals surface area contributed by atoms with Crippen LogP contribution in [0.5, 0.6) is 0 Å². The van der Waals surface area contributed by atoms with Crippen LogP contribution in [-0.2, 0) is 38.3 Å². The molecule has 4 aliphatic rings. The van der Waals surface area contributed by atoms with E-state index in [0.29, 0.717) is 25.9 Å². The largest absolute Gasteiger partial charge is 0.442 e. The Bertz CT molecular complexity index is 824. The van der Waals surface area contributed by atoms with Gasteiger partial charge in [0.2, 0.25) is 12.2 Å². The zero-order valence-electron chi connectivity index (χ0n) is 24.0. The minimum absolute atomic E-state index is 0.179. The Morgan fingerprint density at radius 1 is 0.650 bits per heavy atom. The van der Waals surface area contributed by atoms with Crippen molar-refractivity contribution in [1.29, 1.82) is 0 Å². The second-order valence-corrected chi connectivity index (χ2v) is 11.7. The Kier molecular flexibility index (Phi) is 10.8. The van der Waals surface area contributed by atoms with Crippen LogP contribution in [0.3, 0.4) is 0 Å². The molecule has 4 fully saturated rings. The van der Waals surface area contributed by atoms with Gasteiger partial charge in [-0.3, -0.25) is 0 Å². The van der Waals surface area contributed by atoms with Crippen LogP contribution in [0, 0.1) is 0 Å². The van der Waals surface area contributed by atoms with Crippen LogP contribution in [0.2, 0.25) is 0 Å². The molecule has 12 heteroatoms. The molecule has 226 valence electrons. The zero-order valence-corrected chi connectivity index (χ0v) is 24.0. The highest BCUT2D eigenvalue weighted by atomic mass is 16.7. The van der Waals surface area contributed by atoms with Gasteiger partial charge in [0.15, 0.2) is 0 Å². The Morgan fingerprint density at radius 3 is 1.32 bits per heavy atom. The molecule has 0 radical (unpaired) electrons. The van der Waals surface area contributed by atoms with Crippen molar-refractivity contribution in [3.05, 3.63) is 0 Å². The lowest BCUT2D eigenvalue weighted by molar-refractivity contribution is -0.278. The summed E-state index contributed by atoms with van der Waals surface area (Å²) in [5.41, 5.74) is -0.359. The molecule has 12 nitrogen and oxygen atoms in total. The summed E-state index contributed by atoms with van der Waals surface area (Å²) in [4.78, 5) is 62.7. The number of ether oxygens (including phenoxy) is 2. The first kappa shape index (κ1) is 30.7. The quantitative estimate of drug-likeness (QED) is 0.160. The van der Waals surface area contributed by atoms with Gasteiger partial charge >= 0.3 is 23.9 Å². The molecule has 2 unspecified atom stereocenters. The van der Waals surface area contributed by atoms with E-state index >= 15 is 0 Å². The molecule has 0 aromatic carbocycles. The Labute approximate surface area is 236 Å². The lowest BCUT2D eigenvalue weighted by atomic mass is 9.81. The minimum atomic E-state index is -1.31. The number of hydroxylamine groups is 4. The number of nitrogens with one attached hydrogen (secondary N) is 2. The fourth-order valence-electron chi connectivity index (χ4n) is 5.51. The van der Waals surface area contributed by atoms with E-state index in [1.807, 2.05) is 0 Å². The second kappa shape index (κ2) is 14.1. The van der Waals surface area contributed by atoms with Crippen LogP contribution >= 0.6 is 0 Å². The Balaban J connectivity index is 1.32. The number of nitrogens with zero attached hydrogens (tertiary/aromatic N) is 2. The number of hydrogen-bond acceptors (Lipinski definition) is 12. The number of carbonyl (C=O) groups excluding carboxylic acids is 4. The maximum Gasteiger partial charge on any atom is 0.418 e. The molecular formula is C28H46N4O8. The maximum absolute atomic E-state index is 13.0. The van der Waals surface area contributed by atoms with Gasteiger partial charge < -0.3 is 29.8 Å². The Hall–Kier alpha value is -2.28. The summed E-state index contributed by atoms with van der Waals surface area (Å²) in [7, 11) is 0. The van der Waals surface area contributed by atoms with Crippen molar-refractivity contribution in [2.75, 3.05) is 39.3 Å². The molecule has 2 spiro atoms. The van der Waals surface area contributed by atoms with E-state index in [1.54, 1.807) is 10.1 Å². The van der Waals surface area contributed by atoms with Gasteiger partial charge in [0.1, 0.15) is 0 Å². The Morgan fingerprint density at radius 2 is 1.05 bits per heavy atom. The van der Waals surface area contributed by atoms with Crippen LogP contribution < -0.4 is 10.6 Å². The van der Waals surface area contributed by atoms with Crippen LogP contribution in [0.15, 0.2) is 0 Å². The molecule has 0 amide bonds. The topological polar surface area (TPSA) is 136 Å². The molecule has 2 N–H and O–H groups in total. The summed E-state index contributed by atoms with van der Waals surface area (Å²) < 4.78 is 10.7. The highest BCUT2D eigenvalue weighted by Crippen LogP contribution is 2.35. The summed E-state index contributed by atoms with van der Waals surface area (Å²) >= 11 is 0. The molecule has 0 aromatic heterocycles. The van der Waals surface area contributed by atoms with Gasteiger partial charge in [0.25, 0.3) is 0 Å². The number of esters is 2. The third-order valence-electron chi connectivity index (χ3n) is 8.67. The smallest absolute Gasteiger partial charge is 0.418 e. The highest BCUT2D eigenvalue weighted by molar-refractivity contribution is 6.30. The SMILES string of the molecule is CCCCCCC(OC(=O)C(=O)OC(CCCCCC)C(=O)ON1CCC12CNC2)C(=O)ON1CCC12CNC2. The van der Waals surface area contributed by atoms with Crippen LogP contribution in [0.1, 0.15) is 90.9 Å². The van der Waals surface area contributed by atoms with E-state index in [1.165, 1.54) is 0 Å². The summed E-state index contributed by atoms with van der Waals surface area (Å²) in [6, 6.07) is 0. The molecule has 0 saturated carbocycles. The fraction of sp³-hybridized carbons (Fsp3) is 0.857. The van der Waals surface area contributed by atoms with Gasteiger partial charge in [0.05, 0.1) is 11.1 Å². The van der Waals surface area contributed by atoms with E-state index in [2.05, 4.69) is 24.5 Å². The van der Waals surface area contributed by atoms with Crippen molar-refractivity contribution in [2.45, 2.75) is 114 Å². The average molecular weight is 567 g/mol. The average Bonchev–Trinajstić information content (AvgIpc) is 2.85. The number of carbonyl (C=O) groups is 4. The minimum Gasteiger partial charge on any atom is -0.442 e. The first-order chi connectivity index (χ1) is 19.3. The monoisotopic (exact) mass is 566 g/mol. The molecule has 0 aromatic rings. The van der Waals surface area contributed by atoms with E-state index in [4.69, 9.17) is 19.1 Å². The molecule has 2 atom stereocenters. The molecule has 4 saturated heterocycles. The highest BCUT2D eigenvalue weighted by Gasteiger charge is 2.53. The third-order valence-corrected chi connectivity index (χ3v) is 8.67. The van der Waals surface area contributed by atoms with E-state index < -0.39 is 36.1 Å². The predicted octanol–water partition coefficient (Wildman–Crippen LogP) is 1.76. The van der Waals surface area contributed by atoms with Crippen molar-refractivity contribution in [3.8, 4) is 0 Å². The number of rotatable bonds is 16. The standard InChI is InChI=1S/C28H46N4O8/c1-3-5-7-9-11-21(23(33)39-31-15-13-27(31)17-29-18-27)37-25(35)26(36)38-22(12-10-8-6-4-2)24(34)40-32-16-14-28(32)19-30-20-28/h21-22,29-30H,3-20H2,1-2H3. The predicted molar refractivity (Wildman–Crippen MR) is 143 cm³/mol. The van der Waals surface area contributed by atoms with E-state index in [-0.39, 0.29) is 23.9 Å². The van der Waals surface area contributed by atoms with Gasteiger partial charge in [-0.2, -0.15) is 0 Å². The van der Waals surface area contributed by atoms with Crippen molar-refractivity contribution >= 4 is 23.9 Å². The van der Waals surface area contributed by atoms with Gasteiger partial charge in [-0.1, -0.05) is 52.4 Å². The zero-order chi connectivity index (χ0) is 28.6. The van der Waals surface area contributed by atoms with Crippen LogP contribution in [0.25, 0.3) is 0 Å². The number of unbranched alkanes of at least 4 members (excludes halogenated alkanes) is 6. The van der Waals surface area contributed by atoms with E-state index in [9.17, 15) is 19.2 Å². The third kappa shape index (κ3) is 7.13. The number of hydrogen-bond donors (Lipinski definition) is 2. The molecule has 0 aliphatic carbocycles. The summed E-state index contributed by atoms with van der Waals surface area (Å²) in [5, 5.41) is 9.65. The first-order valence-corrected chi connectivity index (χ1v) is 15.1. The lowest BCUT2D eigenvalue weighted by Crippen LogP contribution is -2.76. The summed E-state index contributed by atoms with van der Waals surface area (Å²) in [5.74, 6) is -4.01. The van der Waals surface area contributed by atoms with Gasteiger partial charge in [0, 0.05) is 39.3 Å². The molecule has 4 heterocycles. The van der Waals surface area contributed by atoms with Gasteiger partial charge in [-0.05, 0) is 38.5 Å². The van der Waals surface area contributed by atoms with Crippen LogP contribution in [-0.4, -0.2) is 96.6 Å². The second-order valence-electron chi connectivity index (χ2n) is 11.7. The fourth-order valence-corrected chi connectivity index (χ4v) is 5.51. The summed E-state index contributed by atoms with van der Waals surface area (Å²) in [6.45, 7) is 8.32. The van der Waals surface area contributed by atoms with Crippen molar-refractivity contribution in [3.63, 3.8) is 0 Å². The van der Waals surface area contributed by atoms with E-state index in [0.717, 1.165) is 77.5 Å². The maximum atomic E-state index is 13.0. The lowest BCUT2D eigenvalue weighted by Gasteiger charge is -2.56. The van der Waals surface area contributed by atoms with Gasteiger partial charge in [-0.15, -0.1) is 10.1 Å². The van der Waals surface area contributed by atoms with Crippen molar-refractivity contribution in [2.24, 2.45) is 0 Å².